The van der Waals surface area contributed by atoms with E-state index in [-0.39, 0.29) is 6.54 Å². The summed E-state index contributed by atoms with van der Waals surface area (Å²) in [6.07, 6.45) is -6.78. The molecular formula is C6H16NO8P. The number of aliphatic hydroxyl groups is 4. The number of nitrogens with two attached hydrogens (primary N) is 1. The molecule has 0 saturated heterocycles. The molecular weight excluding hydrogens is 245 g/mol. The first-order chi connectivity index (χ1) is 7.19. The monoisotopic (exact) mass is 261 g/mol. The van der Waals surface area contributed by atoms with Crippen LogP contribution >= 0.6 is 7.82 Å². The Labute approximate surface area is 91.3 Å². The molecule has 10 heteroatoms. The van der Waals surface area contributed by atoms with Crippen molar-refractivity contribution in [3.63, 3.8) is 0 Å². The maximum absolute atomic E-state index is 10.3. The lowest BCUT2D eigenvalue weighted by molar-refractivity contribution is -0.111. The molecule has 4 unspecified atom stereocenters. The van der Waals surface area contributed by atoms with Crippen molar-refractivity contribution in [2.24, 2.45) is 5.73 Å². The topological polar surface area (TPSA) is 174 Å². The molecule has 0 aliphatic rings. The molecule has 0 aliphatic carbocycles. The predicted molar refractivity (Wildman–Crippen MR) is 51.1 cm³/mol. The SMILES string of the molecule is NCC(O)C(O)C(O)C(O)COP(=O)(O)O. The number of phosphoric ester groups is 1. The number of rotatable bonds is 7. The minimum absolute atomic E-state index is 0.343. The summed E-state index contributed by atoms with van der Waals surface area (Å²) in [7, 11) is -4.76. The van der Waals surface area contributed by atoms with Crippen molar-refractivity contribution in [2.75, 3.05) is 13.2 Å². The third kappa shape index (κ3) is 5.85. The lowest BCUT2D eigenvalue weighted by atomic mass is 10.0. The largest absolute Gasteiger partial charge is 0.469 e. The van der Waals surface area contributed by atoms with Crippen LogP contribution in [-0.4, -0.2) is 67.8 Å². The van der Waals surface area contributed by atoms with Crippen molar-refractivity contribution >= 4 is 7.82 Å². The molecule has 8 N–H and O–H groups in total. The molecule has 0 heterocycles. The first kappa shape index (κ1) is 15.9. The lowest BCUT2D eigenvalue weighted by Crippen LogP contribution is -2.48. The van der Waals surface area contributed by atoms with Crippen molar-refractivity contribution in [3.05, 3.63) is 0 Å². The van der Waals surface area contributed by atoms with Gasteiger partial charge in [0.05, 0.1) is 12.7 Å². The zero-order valence-electron chi connectivity index (χ0n) is 8.25. The van der Waals surface area contributed by atoms with Gasteiger partial charge in [-0.05, 0) is 0 Å². The molecule has 0 saturated carbocycles. The van der Waals surface area contributed by atoms with E-state index in [1.807, 2.05) is 0 Å². The minimum atomic E-state index is -4.76. The van der Waals surface area contributed by atoms with Crippen LogP contribution in [0.1, 0.15) is 0 Å². The summed E-state index contributed by atoms with van der Waals surface area (Å²) in [4.78, 5) is 16.6. The molecule has 0 spiro atoms. The molecule has 0 amide bonds. The molecule has 98 valence electrons. The summed E-state index contributed by atoms with van der Waals surface area (Å²) in [5.74, 6) is 0. The van der Waals surface area contributed by atoms with Crippen LogP contribution in [0.25, 0.3) is 0 Å². The smallest absolute Gasteiger partial charge is 0.389 e. The molecule has 9 nitrogen and oxygen atoms in total. The Morgan fingerprint density at radius 3 is 1.88 bits per heavy atom. The first-order valence-corrected chi connectivity index (χ1v) is 5.84. The van der Waals surface area contributed by atoms with E-state index in [4.69, 9.17) is 25.7 Å². The Morgan fingerprint density at radius 1 is 1.06 bits per heavy atom. The van der Waals surface area contributed by atoms with Gasteiger partial charge in [0, 0.05) is 6.54 Å². The summed E-state index contributed by atoms with van der Waals surface area (Å²) in [5, 5.41) is 36.6. The summed E-state index contributed by atoms with van der Waals surface area (Å²) in [5.41, 5.74) is 5.00. The van der Waals surface area contributed by atoms with E-state index in [1.54, 1.807) is 0 Å². The third-order valence-electron chi connectivity index (χ3n) is 1.79. The van der Waals surface area contributed by atoms with Gasteiger partial charge >= 0.3 is 7.82 Å². The Hall–Kier alpha value is -0.0900. The maximum atomic E-state index is 10.3. The van der Waals surface area contributed by atoms with Crippen molar-refractivity contribution in [1.29, 1.82) is 0 Å². The second-order valence-corrected chi connectivity index (χ2v) is 4.38. The van der Waals surface area contributed by atoms with E-state index in [0.29, 0.717) is 0 Å². The fourth-order valence-electron chi connectivity index (χ4n) is 0.867. The molecule has 0 radical (unpaired) electrons. The molecule has 0 rings (SSSR count). The van der Waals surface area contributed by atoms with Crippen molar-refractivity contribution < 1.29 is 39.3 Å². The Balaban J connectivity index is 4.17. The van der Waals surface area contributed by atoms with E-state index in [0.717, 1.165) is 0 Å². The number of phosphoric acid groups is 1. The van der Waals surface area contributed by atoms with Gasteiger partial charge in [-0.15, -0.1) is 0 Å². The van der Waals surface area contributed by atoms with Crippen LogP contribution in [0.5, 0.6) is 0 Å². The highest BCUT2D eigenvalue weighted by atomic mass is 31.2. The molecule has 0 fully saturated rings. The predicted octanol–water partition coefficient (Wildman–Crippen LogP) is -3.50. The van der Waals surface area contributed by atoms with Crippen LogP contribution in [0.2, 0.25) is 0 Å². The van der Waals surface area contributed by atoms with Crippen LogP contribution in [0, 0.1) is 0 Å². The quantitative estimate of drug-likeness (QED) is 0.229. The normalized spacial score (nSPS) is 20.2. The number of hydrogen-bond acceptors (Lipinski definition) is 7. The Bertz CT molecular complexity index is 245. The summed E-state index contributed by atoms with van der Waals surface area (Å²) >= 11 is 0. The van der Waals surface area contributed by atoms with Gasteiger partial charge in [0.2, 0.25) is 0 Å². The second kappa shape index (κ2) is 6.60. The Morgan fingerprint density at radius 2 is 1.50 bits per heavy atom. The lowest BCUT2D eigenvalue weighted by Gasteiger charge is -2.25. The van der Waals surface area contributed by atoms with Crippen LogP contribution < -0.4 is 5.73 Å². The van der Waals surface area contributed by atoms with E-state index >= 15 is 0 Å². The van der Waals surface area contributed by atoms with E-state index in [2.05, 4.69) is 4.52 Å². The van der Waals surface area contributed by atoms with Crippen LogP contribution in [0.4, 0.5) is 0 Å². The summed E-state index contributed by atoms with van der Waals surface area (Å²) in [6.45, 7) is -1.23. The van der Waals surface area contributed by atoms with E-state index in [1.165, 1.54) is 0 Å². The zero-order valence-corrected chi connectivity index (χ0v) is 9.14. The van der Waals surface area contributed by atoms with Gasteiger partial charge in [-0.2, -0.15) is 0 Å². The average Bonchev–Trinajstić information content (AvgIpc) is 2.21. The highest BCUT2D eigenvalue weighted by Gasteiger charge is 2.31. The standard InChI is InChI=1S/C6H16NO8P/c7-1-3(8)5(10)6(11)4(9)2-15-16(12,13)14/h3-6,8-11H,1-2,7H2,(H2,12,13,14). The van der Waals surface area contributed by atoms with E-state index < -0.39 is 38.8 Å². The number of hydrogen-bond donors (Lipinski definition) is 7. The molecule has 0 aliphatic heterocycles. The highest BCUT2D eigenvalue weighted by Crippen LogP contribution is 2.35. The van der Waals surface area contributed by atoms with Gasteiger partial charge in [-0.3, -0.25) is 4.52 Å². The zero-order chi connectivity index (χ0) is 12.9. The van der Waals surface area contributed by atoms with Crippen LogP contribution in [-0.2, 0) is 9.09 Å². The summed E-state index contributed by atoms with van der Waals surface area (Å²) < 4.78 is 14.2. The molecule has 4 atom stereocenters. The molecule has 0 aromatic heterocycles. The first-order valence-electron chi connectivity index (χ1n) is 4.31. The molecule has 0 bridgehead atoms. The van der Waals surface area contributed by atoms with Crippen LogP contribution in [0.15, 0.2) is 0 Å². The molecule has 0 aromatic rings. The fourth-order valence-corrected chi connectivity index (χ4v) is 1.21. The van der Waals surface area contributed by atoms with Crippen molar-refractivity contribution in [1.82, 2.24) is 0 Å². The van der Waals surface area contributed by atoms with Crippen LogP contribution in [0.3, 0.4) is 0 Å². The molecule has 0 aromatic carbocycles. The van der Waals surface area contributed by atoms with E-state index in [9.17, 15) is 14.8 Å². The van der Waals surface area contributed by atoms with Gasteiger partial charge < -0.3 is 35.9 Å². The average molecular weight is 261 g/mol. The minimum Gasteiger partial charge on any atom is -0.389 e. The Kier molecular flexibility index (Phi) is 6.56. The fraction of sp³-hybridized carbons (Fsp3) is 1.00. The van der Waals surface area contributed by atoms with Crippen molar-refractivity contribution in [3.8, 4) is 0 Å². The van der Waals surface area contributed by atoms with Gasteiger partial charge in [0.15, 0.2) is 0 Å². The van der Waals surface area contributed by atoms with Gasteiger partial charge in [-0.25, -0.2) is 4.57 Å². The van der Waals surface area contributed by atoms with Gasteiger partial charge in [0.1, 0.15) is 18.3 Å². The number of aliphatic hydroxyl groups excluding tert-OH is 4. The van der Waals surface area contributed by atoms with Gasteiger partial charge in [0.25, 0.3) is 0 Å². The summed E-state index contributed by atoms with van der Waals surface area (Å²) in [6, 6.07) is 0. The van der Waals surface area contributed by atoms with Crippen molar-refractivity contribution in [2.45, 2.75) is 24.4 Å². The highest BCUT2D eigenvalue weighted by molar-refractivity contribution is 7.46. The maximum Gasteiger partial charge on any atom is 0.469 e. The van der Waals surface area contributed by atoms with Gasteiger partial charge in [-0.1, -0.05) is 0 Å². The second-order valence-electron chi connectivity index (χ2n) is 3.14. The third-order valence-corrected chi connectivity index (χ3v) is 2.28. The molecule has 16 heavy (non-hydrogen) atoms.